The summed E-state index contributed by atoms with van der Waals surface area (Å²) in [5.74, 6) is -2.20. The van der Waals surface area contributed by atoms with Crippen molar-refractivity contribution in [1.29, 1.82) is 0 Å². The van der Waals surface area contributed by atoms with E-state index in [-0.39, 0.29) is 23.3 Å². The van der Waals surface area contributed by atoms with Crippen LogP contribution in [0.25, 0.3) is 6.08 Å². The van der Waals surface area contributed by atoms with Crippen LogP contribution in [0.4, 0.5) is 24.5 Å². The Bertz CT molecular complexity index is 1200. The molecule has 3 aromatic carbocycles. The number of ether oxygens (including phenoxy) is 2. The molecule has 0 amide bonds. The van der Waals surface area contributed by atoms with Crippen LogP contribution in [0.1, 0.15) is 21.5 Å². The van der Waals surface area contributed by atoms with Gasteiger partial charge >= 0.3 is 18.3 Å². The van der Waals surface area contributed by atoms with Crippen LogP contribution in [0.2, 0.25) is 0 Å². The van der Waals surface area contributed by atoms with E-state index in [1.54, 1.807) is 30.3 Å². The molecule has 7 nitrogen and oxygen atoms in total. The third-order valence-electron chi connectivity index (χ3n) is 4.46. The van der Waals surface area contributed by atoms with Crippen LogP contribution < -0.4 is 20.9 Å². The maximum Gasteiger partial charge on any atom is 0.573 e. The first-order chi connectivity index (χ1) is 16.0. The zero-order valence-corrected chi connectivity index (χ0v) is 17.5. The molecule has 5 N–H and O–H groups in total. The van der Waals surface area contributed by atoms with E-state index in [9.17, 15) is 27.9 Å². The van der Waals surface area contributed by atoms with Gasteiger partial charge in [0.2, 0.25) is 0 Å². The van der Waals surface area contributed by atoms with Crippen LogP contribution in [0.3, 0.4) is 0 Å². The number of carboxylic acids is 1. The molecule has 0 bridgehead atoms. The fraction of sp³-hybridized carbons (Fsp3) is 0.0833. The Hall–Kier alpha value is -4.47. The van der Waals surface area contributed by atoms with E-state index in [1.807, 2.05) is 0 Å². The van der Waals surface area contributed by atoms with Gasteiger partial charge in [-0.15, -0.1) is 13.2 Å². The lowest BCUT2D eigenvalue weighted by atomic mass is 10.0. The summed E-state index contributed by atoms with van der Waals surface area (Å²) >= 11 is 0. The lowest BCUT2D eigenvalue weighted by Gasteiger charge is -2.09. The summed E-state index contributed by atoms with van der Waals surface area (Å²) < 4.78 is 45.6. The normalized spacial score (nSPS) is 11.7. The maximum absolute atomic E-state index is 12.2. The molecule has 0 aliphatic heterocycles. The molecule has 0 aliphatic rings. The summed E-state index contributed by atoms with van der Waals surface area (Å²) in [5.41, 5.74) is 13.7. The average molecular weight is 472 g/mol. The minimum Gasteiger partial charge on any atom is -0.478 e. The standard InChI is InChI=1S/C24H19F3N2O5/c25-24(26,27)34-21-7-3-16(4-8-21)23(32)33-20-5-1-14(2-6-20)9-17(22(30)31)10-15-11-18(28)13-19(29)12-15/h1-9,11-13H,10,28-29H2,(H,30,31)/b17-9+. The van der Waals surface area contributed by atoms with Gasteiger partial charge in [-0.25, -0.2) is 9.59 Å². The van der Waals surface area contributed by atoms with E-state index in [2.05, 4.69) is 4.74 Å². The van der Waals surface area contributed by atoms with Crippen molar-refractivity contribution in [1.82, 2.24) is 0 Å². The van der Waals surface area contributed by atoms with Crippen LogP contribution in [-0.2, 0) is 11.2 Å². The van der Waals surface area contributed by atoms with Gasteiger partial charge in [0.05, 0.1) is 5.56 Å². The zero-order chi connectivity index (χ0) is 24.9. The number of hydrogen-bond acceptors (Lipinski definition) is 6. The number of anilines is 2. The summed E-state index contributed by atoms with van der Waals surface area (Å²) in [6.07, 6.45) is -3.28. The number of carbonyl (C=O) groups is 2. The molecule has 0 saturated heterocycles. The molecule has 3 aromatic rings. The van der Waals surface area contributed by atoms with Crippen molar-refractivity contribution in [2.75, 3.05) is 11.5 Å². The summed E-state index contributed by atoms with van der Waals surface area (Å²) in [6.45, 7) is 0. The quantitative estimate of drug-likeness (QED) is 0.197. The number of nitrogens with two attached hydrogens (primary N) is 2. The van der Waals surface area contributed by atoms with E-state index in [0.29, 0.717) is 22.5 Å². The van der Waals surface area contributed by atoms with E-state index >= 15 is 0 Å². The molecule has 0 unspecified atom stereocenters. The molecule has 0 spiro atoms. The van der Waals surface area contributed by atoms with Crippen molar-refractivity contribution in [3.63, 3.8) is 0 Å². The predicted octanol–water partition coefficient (Wildman–Crippen LogP) is 4.68. The summed E-state index contributed by atoms with van der Waals surface area (Å²) in [4.78, 5) is 23.9. The highest BCUT2D eigenvalue weighted by Gasteiger charge is 2.31. The van der Waals surface area contributed by atoms with E-state index in [0.717, 1.165) is 24.3 Å². The van der Waals surface area contributed by atoms with Gasteiger partial charge in [-0.3, -0.25) is 0 Å². The number of aliphatic carboxylic acids is 1. The van der Waals surface area contributed by atoms with Gasteiger partial charge in [-0.05, 0) is 71.8 Å². The molecule has 10 heteroatoms. The van der Waals surface area contributed by atoms with E-state index in [1.165, 1.54) is 18.2 Å². The fourth-order valence-corrected chi connectivity index (χ4v) is 3.05. The van der Waals surface area contributed by atoms with Gasteiger partial charge in [0.15, 0.2) is 0 Å². The Morgan fingerprint density at radius 3 is 1.97 bits per heavy atom. The van der Waals surface area contributed by atoms with Crippen molar-refractivity contribution in [2.24, 2.45) is 0 Å². The van der Waals surface area contributed by atoms with Crippen LogP contribution in [0.5, 0.6) is 11.5 Å². The van der Waals surface area contributed by atoms with Crippen molar-refractivity contribution in [3.8, 4) is 11.5 Å². The first kappa shape index (κ1) is 24.2. The van der Waals surface area contributed by atoms with Crippen LogP contribution in [0.15, 0.2) is 72.3 Å². The highest BCUT2D eigenvalue weighted by Crippen LogP contribution is 2.24. The molecular formula is C24H19F3N2O5. The third kappa shape index (κ3) is 7.02. The number of benzene rings is 3. The van der Waals surface area contributed by atoms with Gasteiger partial charge in [0.1, 0.15) is 11.5 Å². The second-order valence-electron chi connectivity index (χ2n) is 7.19. The largest absolute Gasteiger partial charge is 0.573 e. The fourth-order valence-electron chi connectivity index (χ4n) is 3.05. The third-order valence-corrected chi connectivity index (χ3v) is 4.46. The first-order valence-corrected chi connectivity index (χ1v) is 9.75. The number of nitrogen functional groups attached to an aromatic ring is 2. The zero-order valence-electron chi connectivity index (χ0n) is 17.5. The number of carbonyl (C=O) groups excluding carboxylic acids is 1. The highest BCUT2D eigenvalue weighted by atomic mass is 19.4. The van der Waals surface area contributed by atoms with E-state index < -0.39 is 24.1 Å². The van der Waals surface area contributed by atoms with Crippen LogP contribution in [-0.4, -0.2) is 23.4 Å². The van der Waals surface area contributed by atoms with Crippen molar-refractivity contribution in [2.45, 2.75) is 12.8 Å². The minimum atomic E-state index is -4.83. The van der Waals surface area contributed by atoms with Gasteiger partial charge < -0.3 is 26.0 Å². The number of rotatable bonds is 7. The molecule has 0 saturated carbocycles. The predicted molar refractivity (Wildman–Crippen MR) is 119 cm³/mol. The number of alkyl halides is 3. The Morgan fingerprint density at radius 1 is 0.882 bits per heavy atom. The van der Waals surface area contributed by atoms with Gasteiger partial charge in [-0.1, -0.05) is 12.1 Å². The van der Waals surface area contributed by atoms with Crippen molar-refractivity contribution in [3.05, 3.63) is 89.0 Å². The SMILES string of the molecule is Nc1cc(N)cc(C/C(=C\c2ccc(OC(=O)c3ccc(OC(F)(F)F)cc3)cc2)C(=O)O)c1. The molecule has 3 rings (SSSR count). The Morgan fingerprint density at radius 2 is 1.44 bits per heavy atom. The molecular weight excluding hydrogens is 453 g/mol. The molecule has 0 aromatic heterocycles. The van der Waals surface area contributed by atoms with Crippen LogP contribution >= 0.6 is 0 Å². The van der Waals surface area contributed by atoms with Crippen molar-refractivity contribution >= 4 is 29.4 Å². The molecule has 176 valence electrons. The highest BCUT2D eigenvalue weighted by molar-refractivity contribution is 5.93. The smallest absolute Gasteiger partial charge is 0.478 e. The number of esters is 1. The summed E-state index contributed by atoms with van der Waals surface area (Å²) in [7, 11) is 0. The minimum absolute atomic E-state index is 0.0214. The Balaban J connectivity index is 1.69. The lowest BCUT2D eigenvalue weighted by Crippen LogP contribution is -2.17. The molecule has 0 aliphatic carbocycles. The molecule has 0 heterocycles. The van der Waals surface area contributed by atoms with Crippen LogP contribution in [0, 0.1) is 0 Å². The van der Waals surface area contributed by atoms with Gasteiger partial charge in [0.25, 0.3) is 0 Å². The Labute approximate surface area is 192 Å². The summed E-state index contributed by atoms with van der Waals surface area (Å²) in [5, 5.41) is 9.54. The Kier molecular flexibility index (Phi) is 7.10. The molecule has 34 heavy (non-hydrogen) atoms. The van der Waals surface area contributed by atoms with Gasteiger partial charge in [0, 0.05) is 23.4 Å². The maximum atomic E-state index is 12.2. The molecule has 0 fully saturated rings. The van der Waals surface area contributed by atoms with Gasteiger partial charge in [-0.2, -0.15) is 0 Å². The second kappa shape index (κ2) is 9.99. The number of hydrogen-bond donors (Lipinski definition) is 3. The molecule has 0 atom stereocenters. The second-order valence-corrected chi connectivity index (χ2v) is 7.19. The average Bonchev–Trinajstić information content (AvgIpc) is 2.73. The topological polar surface area (TPSA) is 125 Å². The lowest BCUT2D eigenvalue weighted by molar-refractivity contribution is -0.274. The summed E-state index contributed by atoms with van der Waals surface area (Å²) in [6, 6.07) is 15.2. The number of halogens is 3. The van der Waals surface area contributed by atoms with E-state index in [4.69, 9.17) is 16.2 Å². The number of carboxylic acid groups (broad SMARTS) is 1. The molecule has 0 radical (unpaired) electrons. The van der Waals surface area contributed by atoms with Crippen molar-refractivity contribution < 1.29 is 37.3 Å². The monoisotopic (exact) mass is 472 g/mol. The first-order valence-electron chi connectivity index (χ1n) is 9.75.